The van der Waals surface area contributed by atoms with Crippen LogP contribution in [0.4, 0.5) is 5.82 Å². The molecule has 5 rings (SSSR count). The number of hydrogen-bond donors (Lipinski definition) is 1. The summed E-state index contributed by atoms with van der Waals surface area (Å²) in [5.41, 5.74) is 2.78. The number of anilines is 1. The second-order valence-corrected chi connectivity index (χ2v) is 8.13. The Morgan fingerprint density at radius 2 is 2.09 bits per heavy atom. The molecule has 0 bridgehead atoms. The molecule has 164 valence electrons. The Balaban J connectivity index is 1.22. The number of carbonyl (C=O) groups is 1. The Bertz CT molecular complexity index is 1240. The lowest BCUT2D eigenvalue weighted by molar-refractivity contribution is -0.125. The summed E-state index contributed by atoms with van der Waals surface area (Å²) in [6, 6.07) is 11.8. The van der Waals surface area contributed by atoms with E-state index >= 15 is 0 Å². The molecule has 1 aromatic carbocycles. The maximum Gasteiger partial charge on any atom is 0.259 e. The van der Waals surface area contributed by atoms with Crippen LogP contribution in [-0.2, 0) is 18.4 Å². The van der Waals surface area contributed by atoms with Gasteiger partial charge >= 0.3 is 0 Å². The van der Waals surface area contributed by atoms with Gasteiger partial charge < -0.3 is 19.3 Å². The van der Waals surface area contributed by atoms with Crippen LogP contribution >= 0.6 is 0 Å². The van der Waals surface area contributed by atoms with Gasteiger partial charge in [0.25, 0.3) is 5.89 Å². The Kier molecular flexibility index (Phi) is 5.30. The Morgan fingerprint density at radius 1 is 1.22 bits per heavy atom. The van der Waals surface area contributed by atoms with E-state index < -0.39 is 0 Å². The highest BCUT2D eigenvalue weighted by molar-refractivity contribution is 5.80. The van der Waals surface area contributed by atoms with Gasteiger partial charge in [0.05, 0.1) is 29.1 Å². The van der Waals surface area contributed by atoms with E-state index in [0.29, 0.717) is 24.8 Å². The van der Waals surface area contributed by atoms with Crippen molar-refractivity contribution in [1.82, 2.24) is 30.0 Å². The van der Waals surface area contributed by atoms with E-state index in [4.69, 9.17) is 4.52 Å². The van der Waals surface area contributed by atoms with Crippen LogP contribution in [-0.4, -0.2) is 43.7 Å². The maximum absolute atomic E-state index is 12.9. The Morgan fingerprint density at radius 3 is 2.84 bits per heavy atom. The van der Waals surface area contributed by atoms with Gasteiger partial charge in [-0.25, -0.2) is 9.97 Å². The van der Waals surface area contributed by atoms with Crippen LogP contribution < -0.4 is 10.2 Å². The molecule has 1 amide bonds. The number of imidazole rings is 1. The van der Waals surface area contributed by atoms with Crippen LogP contribution in [0.3, 0.4) is 0 Å². The first-order valence-corrected chi connectivity index (χ1v) is 10.8. The summed E-state index contributed by atoms with van der Waals surface area (Å²) < 4.78 is 7.23. The van der Waals surface area contributed by atoms with Crippen molar-refractivity contribution < 1.29 is 9.32 Å². The smallest absolute Gasteiger partial charge is 0.259 e. The predicted molar refractivity (Wildman–Crippen MR) is 120 cm³/mol. The number of nitrogens with zero attached hydrogens (tertiary/aromatic N) is 6. The zero-order chi connectivity index (χ0) is 22.1. The fourth-order valence-corrected chi connectivity index (χ4v) is 4.18. The molecule has 0 radical (unpaired) electrons. The van der Waals surface area contributed by atoms with Crippen LogP contribution in [0, 0.1) is 12.8 Å². The third-order valence-corrected chi connectivity index (χ3v) is 5.94. The fourth-order valence-electron chi connectivity index (χ4n) is 4.18. The van der Waals surface area contributed by atoms with E-state index in [2.05, 4.69) is 30.3 Å². The van der Waals surface area contributed by atoms with Crippen molar-refractivity contribution in [3.63, 3.8) is 0 Å². The molecule has 1 aliphatic rings. The average Bonchev–Trinajstić information content (AvgIpc) is 3.41. The van der Waals surface area contributed by atoms with Gasteiger partial charge in [-0.05, 0) is 44.0 Å². The Hall–Kier alpha value is -3.75. The molecule has 1 aliphatic heterocycles. The lowest BCUT2D eigenvalue weighted by Crippen LogP contribution is -2.43. The van der Waals surface area contributed by atoms with Crippen LogP contribution in [0.15, 0.2) is 47.1 Å². The topological polar surface area (TPSA) is 102 Å². The van der Waals surface area contributed by atoms with Crippen LogP contribution in [0.2, 0.25) is 0 Å². The normalized spacial score (nSPS) is 16.4. The molecule has 3 aromatic heterocycles. The minimum Gasteiger partial charge on any atom is -0.356 e. The van der Waals surface area contributed by atoms with Crippen LogP contribution in [0.25, 0.3) is 22.5 Å². The minimum atomic E-state index is -0.0847. The van der Waals surface area contributed by atoms with Crippen LogP contribution in [0.5, 0.6) is 0 Å². The van der Waals surface area contributed by atoms with Crippen molar-refractivity contribution in [1.29, 1.82) is 0 Å². The number of para-hydroxylation sites is 2. The first kappa shape index (κ1) is 20.2. The summed E-state index contributed by atoms with van der Waals surface area (Å²) in [5, 5.41) is 6.90. The van der Waals surface area contributed by atoms with Gasteiger partial charge in [-0.1, -0.05) is 17.3 Å². The number of carbonyl (C=O) groups excluding carboxylic acids is 1. The van der Waals surface area contributed by atoms with Crippen molar-refractivity contribution in [2.75, 3.05) is 18.0 Å². The van der Waals surface area contributed by atoms with Crippen molar-refractivity contribution in [3.8, 4) is 11.5 Å². The third kappa shape index (κ3) is 3.93. The zero-order valence-corrected chi connectivity index (χ0v) is 18.2. The van der Waals surface area contributed by atoms with E-state index in [9.17, 15) is 4.79 Å². The molecule has 0 aliphatic carbocycles. The number of nitrogens with one attached hydrogen (secondary N) is 1. The van der Waals surface area contributed by atoms with E-state index in [1.54, 1.807) is 13.1 Å². The highest BCUT2D eigenvalue weighted by Gasteiger charge is 2.27. The molecule has 1 N–H and O–H groups in total. The molecule has 4 heterocycles. The maximum atomic E-state index is 12.9. The molecule has 1 fully saturated rings. The van der Waals surface area contributed by atoms with Crippen molar-refractivity contribution in [2.24, 2.45) is 13.0 Å². The summed E-state index contributed by atoms with van der Waals surface area (Å²) in [4.78, 5) is 28.5. The molecule has 9 nitrogen and oxygen atoms in total. The van der Waals surface area contributed by atoms with Gasteiger partial charge in [0.1, 0.15) is 11.6 Å². The summed E-state index contributed by atoms with van der Waals surface area (Å²) >= 11 is 0. The standard InChI is InChI=1S/C23H25N7O2/c1-15-26-23(32-28-15)16-9-10-20(24-12-16)30-11-5-6-17(14-30)22(31)25-13-21-27-18-7-3-4-8-19(18)29(21)2/h3-4,7-10,12,17H,5-6,11,13-14H2,1-2H3,(H,25,31). The quantitative estimate of drug-likeness (QED) is 0.518. The van der Waals surface area contributed by atoms with Gasteiger partial charge in [0.15, 0.2) is 5.82 Å². The number of rotatable bonds is 5. The number of aryl methyl sites for hydroxylation is 2. The highest BCUT2D eigenvalue weighted by Crippen LogP contribution is 2.24. The lowest BCUT2D eigenvalue weighted by atomic mass is 9.97. The number of piperidine rings is 1. The number of fused-ring (bicyclic) bond motifs is 1. The van der Waals surface area contributed by atoms with E-state index in [0.717, 1.165) is 47.6 Å². The van der Waals surface area contributed by atoms with Gasteiger partial charge in [-0.3, -0.25) is 4.79 Å². The molecule has 1 unspecified atom stereocenters. The summed E-state index contributed by atoms with van der Waals surface area (Å²) in [6.07, 6.45) is 3.54. The fraction of sp³-hybridized carbons (Fsp3) is 0.348. The van der Waals surface area contributed by atoms with Crippen molar-refractivity contribution >= 4 is 22.8 Å². The molecule has 32 heavy (non-hydrogen) atoms. The molecule has 0 spiro atoms. The van der Waals surface area contributed by atoms with Gasteiger partial charge in [-0.2, -0.15) is 4.98 Å². The highest BCUT2D eigenvalue weighted by atomic mass is 16.5. The SMILES string of the molecule is Cc1noc(-c2ccc(N3CCCC(C(=O)NCc4nc5ccccc5n4C)C3)nc2)n1. The van der Waals surface area contributed by atoms with Gasteiger partial charge in [-0.15, -0.1) is 0 Å². The minimum absolute atomic E-state index is 0.0553. The second-order valence-electron chi connectivity index (χ2n) is 8.13. The van der Waals surface area contributed by atoms with Crippen LogP contribution in [0.1, 0.15) is 24.5 Å². The predicted octanol–water partition coefficient (Wildman–Crippen LogP) is 2.86. The number of pyridine rings is 1. The molecule has 1 saturated heterocycles. The molecule has 9 heteroatoms. The average molecular weight is 432 g/mol. The number of aromatic nitrogens is 5. The second kappa shape index (κ2) is 8.41. The summed E-state index contributed by atoms with van der Waals surface area (Å²) in [6.45, 7) is 3.71. The first-order valence-electron chi connectivity index (χ1n) is 10.8. The van der Waals surface area contributed by atoms with Crippen molar-refractivity contribution in [3.05, 3.63) is 54.2 Å². The van der Waals surface area contributed by atoms with Gasteiger partial charge in [0.2, 0.25) is 5.91 Å². The Labute approximate surface area is 185 Å². The monoisotopic (exact) mass is 431 g/mol. The summed E-state index contributed by atoms with van der Waals surface area (Å²) in [5.74, 6) is 2.71. The third-order valence-electron chi connectivity index (χ3n) is 5.94. The molecular formula is C23H25N7O2. The molecule has 1 atom stereocenters. The first-order chi connectivity index (χ1) is 15.6. The van der Waals surface area contributed by atoms with Gasteiger partial charge in [0, 0.05) is 26.3 Å². The van der Waals surface area contributed by atoms with Crippen molar-refractivity contribution in [2.45, 2.75) is 26.3 Å². The zero-order valence-electron chi connectivity index (χ0n) is 18.2. The lowest BCUT2D eigenvalue weighted by Gasteiger charge is -2.32. The molecule has 0 saturated carbocycles. The number of amides is 1. The number of hydrogen-bond acceptors (Lipinski definition) is 7. The van der Waals surface area contributed by atoms with E-state index in [-0.39, 0.29) is 11.8 Å². The number of benzene rings is 1. The van der Waals surface area contributed by atoms with E-state index in [1.165, 1.54) is 0 Å². The summed E-state index contributed by atoms with van der Waals surface area (Å²) in [7, 11) is 1.98. The largest absolute Gasteiger partial charge is 0.356 e. The molecular weight excluding hydrogens is 406 g/mol. The molecule has 4 aromatic rings. The van der Waals surface area contributed by atoms with E-state index in [1.807, 2.05) is 48.0 Å².